The van der Waals surface area contributed by atoms with Crippen molar-refractivity contribution < 1.29 is 85.6 Å². The Hall–Kier alpha value is 0.870. The number of phosphoric acid groups is 1. The van der Waals surface area contributed by atoms with E-state index in [9.17, 15) is 0 Å². The molecule has 0 spiro atoms. The Labute approximate surface area is 140 Å². The second-order valence-corrected chi connectivity index (χ2v) is 3.50. The zero-order valence-corrected chi connectivity index (χ0v) is 14.0. The van der Waals surface area contributed by atoms with Gasteiger partial charge in [-0.1, -0.05) is 18.2 Å². The van der Waals surface area contributed by atoms with Gasteiger partial charge in [0.05, 0.1) is 6.26 Å². The molecule has 1 aromatic heterocycles. The molecule has 3 N–H and O–H groups in total. The standard InChI is InChI=1S/C8H6O.2Na.H3O4P.2H/c1-2-4-8-7(3-1)5-6-9-8;;;1-5(2,3)4;;/h1-6H;;;(H3,1,2,3,4);;/q;2*+1;;2*-1. The van der Waals surface area contributed by atoms with Crippen molar-refractivity contribution >= 4 is 18.8 Å². The van der Waals surface area contributed by atoms with Gasteiger partial charge in [-0.2, -0.15) is 0 Å². The Morgan fingerprint density at radius 2 is 1.56 bits per heavy atom. The van der Waals surface area contributed by atoms with Crippen molar-refractivity contribution in [2.75, 3.05) is 0 Å². The molecule has 0 saturated heterocycles. The van der Waals surface area contributed by atoms with Crippen LogP contribution < -0.4 is 59.1 Å². The fraction of sp³-hybridized carbons (Fsp3) is 0. The maximum Gasteiger partial charge on any atom is 1.00 e. The molecular weight excluding hydrogens is 253 g/mol. The van der Waals surface area contributed by atoms with E-state index < -0.39 is 7.82 Å². The van der Waals surface area contributed by atoms with E-state index in [0.29, 0.717) is 0 Å². The second-order valence-electron chi connectivity index (χ2n) is 2.47. The van der Waals surface area contributed by atoms with E-state index in [0.717, 1.165) is 11.0 Å². The maximum absolute atomic E-state index is 8.88. The molecule has 0 aliphatic rings. The summed E-state index contributed by atoms with van der Waals surface area (Å²) in [5.41, 5.74) is 0.956. The molecule has 2 aromatic rings. The summed E-state index contributed by atoms with van der Waals surface area (Å²) in [5, 5.41) is 1.16. The normalized spacial score (nSPS) is 9.44. The fourth-order valence-corrected chi connectivity index (χ4v) is 0.906. The van der Waals surface area contributed by atoms with Crippen molar-refractivity contribution in [3.63, 3.8) is 0 Å². The number of furan rings is 1. The smallest absolute Gasteiger partial charge is 1.00 e. The Kier molecular flexibility index (Phi) is 10.7. The first kappa shape index (κ1) is 19.2. The molecule has 80 valence electrons. The minimum Gasteiger partial charge on any atom is -1.00 e. The topological polar surface area (TPSA) is 90.9 Å². The Bertz CT molecular complexity index is 423. The van der Waals surface area contributed by atoms with Crippen molar-refractivity contribution in [2.24, 2.45) is 0 Å². The number of rotatable bonds is 0. The van der Waals surface area contributed by atoms with Gasteiger partial charge in [0.2, 0.25) is 0 Å². The molecule has 0 bridgehead atoms. The Morgan fingerprint density at radius 3 is 2.06 bits per heavy atom. The van der Waals surface area contributed by atoms with Gasteiger partial charge in [0.15, 0.2) is 0 Å². The number of benzene rings is 1. The third-order valence-corrected chi connectivity index (χ3v) is 1.36. The SMILES string of the molecule is O=P(O)(O)O.[H-].[H-].[Na+].[Na+].c1ccc2occc2c1. The maximum atomic E-state index is 8.88. The zero-order chi connectivity index (χ0) is 10.6. The minimum absolute atomic E-state index is 0. The molecule has 16 heavy (non-hydrogen) atoms. The number of hydrogen-bond acceptors (Lipinski definition) is 2. The molecule has 2 rings (SSSR count). The molecule has 0 unspecified atom stereocenters. The second kappa shape index (κ2) is 8.89. The first-order valence-electron chi connectivity index (χ1n) is 3.67. The van der Waals surface area contributed by atoms with Gasteiger partial charge in [0.25, 0.3) is 0 Å². The van der Waals surface area contributed by atoms with Gasteiger partial charge in [-0.3, -0.25) is 0 Å². The summed E-state index contributed by atoms with van der Waals surface area (Å²) >= 11 is 0. The molecule has 0 aliphatic heterocycles. The van der Waals surface area contributed by atoms with Crippen molar-refractivity contribution in [2.45, 2.75) is 0 Å². The minimum atomic E-state index is -4.64. The molecule has 0 aliphatic carbocycles. The van der Waals surface area contributed by atoms with Crippen LogP contribution in [0.25, 0.3) is 11.0 Å². The first-order chi connectivity index (χ1) is 6.47. The largest absolute Gasteiger partial charge is 1.00 e. The van der Waals surface area contributed by atoms with Gasteiger partial charge in [-0.15, -0.1) is 0 Å². The third-order valence-electron chi connectivity index (χ3n) is 1.36. The molecule has 0 atom stereocenters. The van der Waals surface area contributed by atoms with E-state index in [2.05, 4.69) is 0 Å². The van der Waals surface area contributed by atoms with Gasteiger partial charge < -0.3 is 22.0 Å². The van der Waals surface area contributed by atoms with Crippen molar-refractivity contribution in [3.8, 4) is 0 Å². The predicted molar refractivity (Wildman–Crippen MR) is 52.7 cm³/mol. The molecule has 0 saturated carbocycles. The van der Waals surface area contributed by atoms with Crippen LogP contribution in [0, 0.1) is 0 Å². The first-order valence-corrected chi connectivity index (χ1v) is 5.24. The summed E-state index contributed by atoms with van der Waals surface area (Å²) in [6.45, 7) is 0. The van der Waals surface area contributed by atoms with Crippen LogP contribution in [0.15, 0.2) is 41.0 Å². The number of para-hydroxylation sites is 1. The molecule has 0 radical (unpaired) electrons. The summed E-state index contributed by atoms with van der Waals surface area (Å²) in [5.74, 6) is 0. The van der Waals surface area contributed by atoms with Crippen LogP contribution in [0.3, 0.4) is 0 Å². The van der Waals surface area contributed by atoms with Gasteiger partial charge in [-0.25, -0.2) is 4.57 Å². The average molecular weight is 264 g/mol. The van der Waals surface area contributed by atoms with Gasteiger partial charge in [-0.05, 0) is 12.1 Å². The van der Waals surface area contributed by atoms with E-state index in [1.165, 1.54) is 0 Å². The zero-order valence-electron chi connectivity index (χ0n) is 11.1. The Balaban J connectivity index is -0.0000000993. The van der Waals surface area contributed by atoms with E-state index in [1.54, 1.807) is 6.26 Å². The number of hydrogen-bond donors (Lipinski definition) is 3. The van der Waals surface area contributed by atoms with E-state index >= 15 is 0 Å². The van der Waals surface area contributed by atoms with Crippen LogP contribution in [0.4, 0.5) is 0 Å². The van der Waals surface area contributed by atoms with Crippen LogP contribution in [-0.2, 0) is 4.57 Å². The molecule has 1 heterocycles. The van der Waals surface area contributed by atoms with Crippen LogP contribution >= 0.6 is 7.82 Å². The van der Waals surface area contributed by atoms with Gasteiger partial charge in [0.1, 0.15) is 5.58 Å². The molecule has 0 fully saturated rings. The summed E-state index contributed by atoms with van der Waals surface area (Å²) in [6, 6.07) is 9.90. The summed E-state index contributed by atoms with van der Waals surface area (Å²) in [7, 11) is -4.64. The summed E-state index contributed by atoms with van der Waals surface area (Å²) in [6.07, 6.45) is 1.70. The summed E-state index contributed by atoms with van der Waals surface area (Å²) in [4.78, 5) is 21.6. The van der Waals surface area contributed by atoms with E-state index in [4.69, 9.17) is 23.7 Å². The van der Waals surface area contributed by atoms with Crippen molar-refractivity contribution in [3.05, 3.63) is 36.6 Å². The molecule has 8 heteroatoms. The molecule has 5 nitrogen and oxygen atoms in total. The quantitative estimate of drug-likeness (QED) is 0.331. The molecule has 0 amide bonds. The van der Waals surface area contributed by atoms with Crippen LogP contribution in [-0.4, -0.2) is 14.7 Å². The van der Waals surface area contributed by atoms with E-state index in [1.807, 2.05) is 30.3 Å². The monoisotopic (exact) mass is 264 g/mol. The molecular formula is C8H11Na2O5P. The molecule has 1 aromatic carbocycles. The van der Waals surface area contributed by atoms with Gasteiger partial charge in [0, 0.05) is 5.39 Å². The van der Waals surface area contributed by atoms with Crippen molar-refractivity contribution in [1.29, 1.82) is 0 Å². The summed E-state index contributed by atoms with van der Waals surface area (Å²) < 4.78 is 14.0. The van der Waals surface area contributed by atoms with E-state index in [-0.39, 0.29) is 62.0 Å². The fourth-order valence-electron chi connectivity index (χ4n) is 0.906. The predicted octanol–water partition coefficient (Wildman–Crippen LogP) is -4.26. The third kappa shape index (κ3) is 8.96. The van der Waals surface area contributed by atoms with Gasteiger partial charge >= 0.3 is 66.9 Å². The van der Waals surface area contributed by atoms with Crippen LogP contribution in [0.1, 0.15) is 2.85 Å². The van der Waals surface area contributed by atoms with Crippen LogP contribution in [0.2, 0.25) is 0 Å². The number of fused-ring (bicyclic) bond motifs is 1. The Morgan fingerprint density at radius 1 is 1.06 bits per heavy atom. The average Bonchev–Trinajstić information content (AvgIpc) is 2.47. The van der Waals surface area contributed by atoms with Crippen LogP contribution in [0.5, 0.6) is 0 Å². The van der Waals surface area contributed by atoms with Crippen molar-refractivity contribution in [1.82, 2.24) is 0 Å².